The van der Waals surface area contributed by atoms with E-state index in [1.807, 2.05) is 0 Å². The van der Waals surface area contributed by atoms with Crippen molar-refractivity contribution in [3.8, 4) is 0 Å². The maximum Gasteiger partial charge on any atom is 0.330 e. The molecule has 0 aliphatic carbocycles. The van der Waals surface area contributed by atoms with Crippen LogP contribution in [-0.4, -0.2) is 26.2 Å². The molecule has 68 valence electrons. The summed E-state index contributed by atoms with van der Waals surface area (Å²) >= 11 is 0. The van der Waals surface area contributed by atoms with Crippen LogP contribution < -0.4 is 0 Å². The van der Waals surface area contributed by atoms with E-state index in [4.69, 9.17) is 0 Å². The van der Waals surface area contributed by atoms with Crippen molar-refractivity contribution in [3.63, 3.8) is 0 Å². The maximum absolute atomic E-state index is 10.7. The summed E-state index contributed by atoms with van der Waals surface area (Å²) in [6, 6.07) is 0. The third-order valence-electron chi connectivity index (χ3n) is 1.22. The number of carbonyl (C=O) groups excluding carboxylic acids is 2. The van der Waals surface area contributed by atoms with Crippen molar-refractivity contribution in [2.24, 2.45) is 0 Å². The highest BCUT2D eigenvalue weighted by Gasteiger charge is 2.03. The SMILES string of the molecule is COC(=O)C=C(C)CC(=O)OC. The monoisotopic (exact) mass is 172 g/mol. The largest absolute Gasteiger partial charge is 0.469 e. The zero-order valence-electron chi connectivity index (χ0n) is 7.42. The predicted octanol–water partition coefficient (Wildman–Crippen LogP) is 0.669. The lowest BCUT2D eigenvalue weighted by molar-refractivity contribution is -0.139. The number of esters is 2. The van der Waals surface area contributed by atoms with Gasteiger partial charge in [-0.2, -0.15) is 0 Å². The van der Waals surface area contributed by atoms with Gasteiger partial charge in [-0.15, -0.1) is 0 Å². The summed E-state index contributed by atoms with van der Waals surface area (Å²) in [5, 5.41) is 0. The van der Waals surface area contributed by atoms with Gasteiger partial charge in [0.25, 0.3) is 0 Å². The lowest BCUT2D eigenvalue weighted by Gasteiger charge is -1.98. The molecule has 4 heteroatoms. The van der Waals surface area contributed by atoms with Crippen LogP contribution in [0.15, 0.2) is 11.6 Å². The summed E-state index contributed by atoms with van der Waals surface area (Å²) in [4.78, 5) is 21.3. The van der Waals surface area contributed by atoms with E-state index in [1.54, 1.807) is 6.92 Å². The molecule has 0 amide bonds. The molecule has 0 atom stereocenters. The Bertz CT molecular complexity index is 205. The van der Waals surface area contributed by atoms with E-state index in [0.717, 1.165) is 0 Å². The van der Waals surface area contributed by atoms with Crippen molar-refractivity contribution in [1.82, 2.24) is 0 Å². The van der Waals surface area contributed by atoms with Crippen molar-refractivity contribution < 1.29 is 19.1 Å². The van der Waals surface area contributed by atoms with E-state index in [1.165, 1.54) is 20.3 Å². The fourth-order valence-electron chi connectivity index (χ4n) is 0.611. The topological polar surface area (TPSA) is 52.6 Å². The first-order valence-electron chi connectivity index (χ1n) is 3.42. The van der Waals surface area contributed by atoms with Gasteiger partial charge in [0.15, 0.2) is 0 Å². The number of methoxy groups -OCH3 is 2. The molecule has 0 unspecified atom stereocenters. The molecule has 0 aliphatic heterocycles. The first kappa shape index (κ1) is 10.7. The van der Waals surface area contributed by atoms with Crippen LogP contribution in [0.1, 0.15) is 13.3 Å². The standard InChI is InChI=1S/C8H12O4/c1-6(4-7(9)11-2)5-8(10)12-3/h4H,5H2,1-3H3. The first-order chi connectivity index (χ1) is 5.60. The number of ether oxygens (including phenoxy) is 2. The summed E-state index contributed by atoms with van der Waals surface area (Å²) in [7, 11) is 2.58. The number of carbonyl (C=O) groups is 2. The molecular formula is C8H12O4. The fraction of sp³-hybridized carbons (Fsp3) is 0.500. The van der Waals surface area contributed by atoms with Gasteiger partial charge in [0.2, 0.25) is 0 Å². The van der Waals surface area contributed by atoms with Crippen LogP contribution in [0.5, 0.6) is 0 Å². The number of rotatable bonds is 3. The van der Waals surface area contributed by atoms with E-state index in [2.05, 4.69) is 9.47 Å². The highest BCUT2D eigenvalue weighted by molar-refractivity contribution is 5.84. The average Bonchev–Trinajstić information content (AvgIpc) is 2.03. The molecule has 12 heavy (non-hydrogen) atoms. The molecular weight excluding hydrogens is 160 g/mol. The summed E-state index contributed by atoms with van der Waals surface area (Å²) < 4.78 is 8.77. The minimum Gasteiger partial charge on any atom is -0.469 e. The second kappa shape index (κ2) is 5.35. The Hall–Kier alpha value is -1.32. The highest BCUT2D eigenvalue weighted by Crippen LogP contribution is 2.00. The van der Waals surface area contributed by atoms with Crippen molar-refractivity contribution >= 4 is 11.9 Å². The Balaban J connectivity index is 4.02. The summed E-state index contributed by atoms with van der Waals surface area (Å²) in [6.45, 7) is 1.66. The van der Waals surface area contributed by atoms with Gasteiger partial charge < -0.3 is 9.47 Å². The minimum atomic E-state index is -0.462. The van der Waals surface area contributed by atoms with E-state index >= 15 is 0 Å². The lowest BCUT2D eigenvalue weighted by Crippen LogP contribution is -2.02. The van der Waals surface area contributed by atoms with Gasteiger partial charge in [-0.25, -0.2) is 4.79 Å². The molecule has 0 saturated heterocycles. The molecule has 0 aromatic rings. The van der Waals surface area contributed by atoms with Crippen LogP contribution in [0.25, 0.3) is 0 Å². The van der Waals surface area contributed by atoms with E-state index in [-0.39, 0.29) is 12.4 Å². The normalized spacial score (nSPS) is 10.8. The Morgan fingerprint density at radius 2 is 1.83 bits per heavy atom. The predicted molar refractivity (Wildman–Crippen MR) is 42.4 cm³/mol. The third kappa shape index (κ3) is 4.49. The average molecular weight is 172 g/mol. The summed E-state index contributed by atoms with van der Waals surface area (Å²) in [5.41, 5.74) is 0.619. The molecule has 0 aromatic carbocycles. The molecule has 0 heterocycles. The summed E-state index contributed by atoms with van der Waals surface area (Å²) in [5.74, 6) is -0.830. The quantitative estimate of drug-likeness (QED) is 0.463. The second-order valence-electron chi connectivity index (χ2n) is 2.27. The zero-order chi connectivity index (χ0) is 9.56. The molecule has 4 nitrogen and oxygen atoms in total. The summed E-state index contributed by atoms with van der Waals surface area (Å²) in [6.07, 6.45) is 1.38. The van der Waals surface area contributed by atoms with Crippen LogP contribution in [0.4, 0.5) is 0 Å². The van der Waals surface area contributed by atoms with E-state index in [0.29, 0.717) is 5.57 Å². The maximum atomic E-state index is 10.7. The van der Waals surface area contributed by atoms with E-state index < -0.39 is 5.97 Å². The van der Waals surface area contributed by atoms with Crippen molar-refractivity contribution in [2.75, 3.05) is 14.2 Å². The van der Waals surface area contributed by atoms with Gasteiger partial charge in [0.05, 0.1) is 20.6 Å². The molecule has 0 N–H and O–H groups in total. The third-order valence-corrected chi connectivity index (χ3v) is 1.22. The molecule has 0 spiro atoms. The molecule has 0 fully saturated rings. The lowest BCUT2D eigenvalue weighted by atomic mass is 10.2. The van der Waals surface area contributed by atoms with E-state index in [9.17, 15) is 9.59 Å². The molecule has 0 rings (SSSR count). The molecule has 0 aromatic heterocycles. The Labute approximate surface area is 71.2 Å². The van der Waals surface area contributed by atoms with Crippen LogP contribution in [-0.2, 0) is 19.1 Å². The number of hydrogen-bond acceptors (Lipinski definition) is 4. The smallest absolute Gasteiger partial charge is 0.330 e. The Morgan fingerprint density at radius 3 is 2.25 bits per heavy atom. The van der Waals surface area contributed by atoms with Crippen molar-refractivity contribution in [3.05, 3.63) is 11.6 Å². The molecule has 0 radical (unpaired) electrons. The van der Waals surface area contributed by atoms with Gasteiger partial charge >= 0.3 is 11.9 Å². The van der Waals surface area contributed by atoms with Gasteiger partial charge in [-0.3, -0.25) is 4.79 Å². The molecule has 0 aliphatic rings. The van der Waals surface area contributed by atoms with Gasteiger partial charge in [-0.05, 0) is 6.92 Å². The van der Waals surface area contributed by atoms with Crippen LogP contribution >= 0.6 is 0 Å². The second-order valence-corrected chi connectivity index (χ2v) is 2.27. The van der Waals surface area contributed by atoms with Crippen LogP contribution in [0, 0.1) is 0 Å². The zero-order valence-corrected chi connectivity index (χ0v) is 7.42. The van der Waals surface area contributed by atoms with Gasteiger partial charge in [0.1, 0.15) is 0 Å². The number of hydrogen-bond donors (Lipinski definition) is 0. The van der Waals surface area contributed by atoms with Crippen LogP contribution in [0.2, 0.25) is 0 Å². The Morgan fingerprint density at radius 1 is 1.25 bits per heavy atom. The molecule has 0 bridgehead atoms. The van der Waals surface area contributed by atoms with Crippen molar-refractivity contribution in [1.29, 1.82) is 0 Å². The minimum absolute atomic E-state index is 0.117. The highest BCUT2D eigenvalue weighted by atomic mass is 16.5. The van der Waals surface area contributed by atoms with Gasteiger partial charge in [-0.1, -0.05) is 5.57 Å². The van der Waals surface area contributed by atoms with Gasteiger partial charge in [0, 0.05) is 6.08 Å². The molecule has 0 saturated carbocycles. The fourth-order valence-corrected chi connectivity index (χ4v) is 0.611. The van der Waals surface area contributed by atoms with Crippen molar-refractivity contribution in [2.45, 2.75) is 13.3 Å². The first-order valence-corrected chi connectivity index (χ1v) is 3.42. The van der Waals surface area contributed by atoms with Crippen LogP contribution in [0.3, 0.4) is 0 Å². The Kier molecular flexibility index (Phi) is 4.76.